The molecule has 0 atom stereocenters. The molecule has 0 fully saturated rings. The van der Waals surface area contributed by atoms with Gasteiger partial charge < -0.3 is 5.73 Å². The van der Waals surface area contributed by atoms with Crippen molar-refractivity contribution in [2.45, 2.75) is 0 Å². The lowest BCUT2D eigenvalue weighted by Gasteiger charge is -1.69. The predicted molar refractivity (Wildman–Crippen MR) is 36.3 cm³/mol. The second kappa shape index (κ2) is 5.76. The third kappa shape index (κ3) is 5.76. The number of alkyl halides is 1. The summed E-state index contributed by atoms with van der Waals surface area (Å²) in [6, 6.07) is 0. The first-order valence-corrected chi connectivity index (χ1v) is 3.13. The largest absolute Gasteiger partial charge is 0.405 e. The molecule has 0 saturated heterocycles. The summed E-state index contributed by atoms with van der Waals surface area (Å²) in [7, 11) is 0. The van der Waals surface area contributed by atoms with Crippen molar-refractivity contribution in [3.8, 4) is 0 Å². The molecule has 0 aromatic heterocycles. The molecule has 1 nitrogen and oxygen atoms in total. The van der Waals surface area contributed by atoms with E-state index in [1.807, 2.05) is 12.2 Å². The highest BCUT2D eigenvalue weighted by molar-refractivity contribution is 9.09. The zero-order valence-corrected chi connectivity index (χ0v) is 5.56. The van der Waals surface area contributed by atoms with Crippen molar-refractivity contribution in [3.05, 3.63) is 24.4 Å². The molecule has 0 bridgehead atoms. The Morgan fingerprint density at radius 2 is 2.14 bits per heavy atom. The van der Waals surface area contributed by atoms with Gasteiger partial charge in [0, 0.05) is 5.33 Å². The van der Waals surface area contributed by atoms with Gasteiger partial charge in [0.15, 0.2) is 0 Å². The molecule has 2 heteroatoms. The van der Waals surface area contributed by atoms with Crippen LogP contribution in [0.4, 0.5) is 0 Å². The second-order valence-electron chi connectivity index (χ2n) is 0.967. The van der Waals surface area contributed by atoms with Crippen molar-refractivity contribution in [2.24, 2.45) is 5.73 Å². The molecule has 0 aliphatic rings. The molecular formula is C5H8BrN. The number of hydrogen-bond acceptors (Lipinski definition) is 1. The van der Waals surface area contributed by atoms with E-state index in [2.05, 4.69) is 15.9 Å². The van der Waals surface area contributed by atoms with Crippen LogP contribution in [0.3, 0.4) is 0 Å². The first-order chi connectivity index (χ1) is 3.41. The number of allylic oxidation sites excluding steroid dienone is 3. The predicted octanol–water partition coefficient (Wildman–Crippen LogP) is 1.41. The Hall–Kier alpha value is -0.240. The topological polar surface area (TPSA) is 26.0 Å². The Labute approximate surface area is 52.0 Å². The van der Waals surface area contributed by atoms with Gasteiger partial charge in [0.25, 0.3) is 0 Å². The van der Waals surface area contributed by atoms with E-state index in [9.17, 15) is 0 Å². The fraction of sp³-hybridized carbons (Fsp3) is 0.200. The van der Waals surface area contributed by atoms with Gasteiger partial charge in [-0.1, -0.05) is 28.1 Å². The summed E-state index contributed by atoms with van der Waals surface area (Å²) in [6.45, 7) is 0. The standard InChI is InChI=1S/C5H8BrN/c6-4-2-1-3-5-7/h1-3,5H,4,7H2/b2-1-,5-3-. The van der Waals surface area contributed by atoms with Gasteiger partial charge in [-0.2, -0.15) is 0 Å². The van der Waals surface area contributed by atoms with Crippen LogP contribution in [-0.2, 0) is 0 Å². The van der Waals surface area contributed by atoms with E-state index in [0.29, 0.717) is 0 Å². The Morgan fingerprint density at radius 1 is 1.43 bits per heavy atom. The van der Waals surface area contributed by atoms with Crippen molar-refractivity contribution in [1.29, 1.82) is 0 Å². The minimum atomic E-state index is 0.886. The van der Waals surface area contributed by atoms with E-state index < -0.39 is 0 Å². The van der Waals surface area contributed by atoms with Crippen molar-refractivity contribution in [1.82, 2.24) is 0 Å². The number of halogens is 1. The molecule has 0 aromatic rings. The summed E-state index contributed by atoms with van der Waals surface area (Å²) in [6.07, 6.45) is 7.12. The van der Waals surface area contributed by atoms with E-state index in [1.54, 1.807) is 6.08 Å². The summed E-state index contributed by atoms with van der Waals surface area (Å²) < 4.78 is 0. The third-order valence-electron chi connectivity index (χ3n) is 0.447. The lowest BCUT2D eigenvalue weighted by Crippen LogP contribution is -1.72. The fourth-order valence-corrected chi connectivity index (χ4v) is 0.410. The van der Waals surface area contributed by atoms with Gasteiger partial charge in [0.05, 0.1) is 0 Å². The highest BCUT2D eigenvalue weighted by atomic mass is 79.9. The summed E-state index contributed by atoms with van der Waals surface area (Å²) in [5, 5.41) is 0.886. The van der Waals surface area contributed by atoms with Crippen LogP contribution in [0.2, 0.25) is 0 Å². The molecule has 0 spiro atoms. The quantitative estimate of drug-likeness (QED) is 0.482. The minimum absolute atomic E-state index is 0.886. The Bertz CT molecular complexity index is 76.1. The Balaban J connectivity index is 3.09. The first-order valence-electron chi connectivity index (χ1n) is 2.01. The van der Waals surface area contributed by atoms with Crippen LogP contribution in [0, 0.1) is 0 Å². The lowest BCUT2D eigenvalue weighted by molar-refractivity contribution is 1.60. The number of rotatable bonds is 2. The van der Waals surface area contributed by atoms with E-state index >= 15 is 0 Å². The first kappa shape index (κ1) is 6.76. The lowest BCUT2D eigenvalue weighted by atomic mass is 10.5. The van der Waals surface area contributed by atoms with Crippen molar-refractivity contribution < 1.29 is 0 Å². The Morgan fingerprint density at radius 3 is 2.57 bits per heavy atom. The molecule has 0 saturated carbocycles. The van der Waals surface area contributed by atoms with Crippen LogP contribution >= 0.6 is 15.9 Å². The van der Waals surface area contributed by atoms with E-state index in [-0.39, 0.29) is 0 Å². The van der Waals surface area contributed by atoms with Crippen molar-refractivity contribution in [3.63, 3.8) is 0 Å². The SMILES string of the molecule is N/C=C\C=C/CBr. The maximum absolute atomic E-state index is 5.02. The molecule has 0 aliphatic heterocycles. The van der Waals surface area contributed by atoms with Gasteiger partial charge in [-0.25, -0.2) is 0 Å². The summed E-state index contributed by atoms with van der Waals surface area (Å²) in [4.78, 5) is 0. The van der Waals surface area contributed by atoms with Gasteiger partial charge in [-0.3, -0.25) is 0 Å². The zero-order valence-electron chi connectivity index (χ0n) is 3.97. The second-order valence-corrected chi connectivity index (χ2v) is 1.61. The molecule has 0 rings (SSSR count). The van der Waals surface area contributed by atoms with E-state index in [4.69, 9.17) is 5.73 Å². The fourth-order valence-electron chi connectivity index (χ4n) is 0.194. The zero-order chi connectivity index (χ0) is 5.54. The summed E-state index contributed by atoms with van der Waals surface area (Å²) >= 11 is 3.22. The number of nitrogens with two attached hydrogens (primary N) is 1. The van der Waals surface area contributed by atoms with Crippen molar-refractivity contribution >= 4 is 15.9 Å². The average molecular weight is 162 g/mol. The third-order valence-corrected chi connectivity index (χ3v) is 0.821. The molecule has 2 N–H and O–H groups in total. The molecular weight excluding hydrogens is 154 g/mol. The molecule has 0 heterocycles. The molecule has 0 aliphatic carbocycles. The van der Waals surface area contributed by atoms with Gasteiger partial charge >= 0.3 is 0 Å². The van der Waals surface area contributed by atoms with Crippen LogP contribution in [0.15, 0.2) is 24.4 Å². The molecule has 0 unspecified atom stereocenters. The normalized spacial score (nSPS) is 11.6. The van der Waals surface area contributed by atoms with Gasteiger partial charge in [-0.05, 0) is 12.3 Å². The van der Waals surface area contributed by atoms with E-state index in [1.165, 1.54) is 6.20 Å². The monoisotopic (exact) mass is 161 g/mol. The van der Waals surface area contributed by atoms with Crippen LogP contribution in [0.25, 0.3) is 0 Å². The van der Waals surface area contributed by atoms with Crippen LogP contribution < -0.4 is 5.73 Å². The van der Waals surface area contributed by atoms with Gasteiger partial charge in [-0.15, -0.1) is 0 Å². The highest BCUT2D eigenvalue weighted by Crippen LogP contribution is 1.80. The van der Waals surface area contributed by atoms with E-state index in [0.717, 1.165) is 5.33 Å². The molecule has 40 valence electrons. The Kier molecular flexibility index (Phi) is 5.56. The molecule has 7 heavy (non-hydrogen) atoms. The average Bonchev–Trinajstić information content (AvgIpc) is 1.69. The molecule has 0 aromatic carbocycles. The maximum atomic E-state index is 5.02. The summed E-state index contributed by atoms with van der Waals surface area (Å²) in [5.74, 6) is 0. The van der Waals surface area contributed by atoms with Crippen molar-refractivity contribution in [2.75, 3.05) is 5.33 Å². The molecule has 0 amide bonds. The number of hydrogen-bond donors (Lipinski definition) is 1. The molecule has 0 radical (unpaired) electrons. The smallest absolute Gasteiger partial charge is 0.0215 e. The van der Waals surface area contributed by atoms with Gasteiger partial charge in [0.1, 0.15) is 0 Å². The highest BCUT2D eigenvalue weighted by Gasteiger charge is 1.59. The van der Waals surface area contributed by atoms with Gasteiger partial charge in [0.2, 0.25) is 0 Å². The maximum Gasteiger partial charge on any atom is 0.0215 e. The van der Waals surface area contributed by atoms with Crippen LogP contribution in [-0.4, -0.2) is 5.33 Å². The van der Waals surface area contributed by atoms with Crippen LogP contribution in [0.5, 0.6) is 0 Å². The minimum Gasteiger partial charge on any atom is -0.405 e. The van der Waals surface area contributed by atoms with Crippen LogP contribution in [0.1, 0.15) is 0 Å². The summed E-state index contributed by atoms with van der Waals surface area (Å²) in [5.41, 5.74) is 5.02.